The third-order valence-electron chi connectivity index (χ3n) is 2.38. The summed E-state index contributed by atoms with van der Waals surface area (Å²) >= 11 is 0. The van der Waals surface area contributed by atoms with E-state index in [1.54, 1.807) is 0 Å². The smallest absolute Gasteiger partial charge is 0.258 e. The Morgan fingerprint density at radius 1 is 1.28 bits per heavy atom. The van der Waals surface area contributed by atoms with Gasteiger partial charge in [0.25, 0.3) is 5.91 Å². The first-order chi connectivity index (χ1) is 8.49. The van der Waals surface area contributed by atoms with E-state index >= 15 is 0 Å². The predicted octanol–water partition coefficient (Wildman–Crippen LogP) is 0.790. The minimum absolute atomic E-state index is 0.131. The average molecular weight is 250 g/mol. The van der Waals surface area contributed by atoms with Crippen LogP contribution in [-0.2, 0) is 9.59 Å². The maximum Gasteiger partial charge on any atom is 0.258 e. The summed E-state index contributed by atoms with van der Waals surface area (Å²) in [4.78, 5) is 21.7. The zero-order valence-electron chi connectivity index (χ0n) is 10.6. The van der Waals surface area contributed by atoms with Gasteiger partial charge >= 0.3 is 0 Å². The summed E-state index contributed by atoms with van der Waals surface area (Å²) in [6.07, 6.45) is 0. The lowest BCUT2D eigenvalue weighted by Crippen LogP contribution is -2.36. The lowest BCUT2D eigenvalue weighted by molar-refractivity contribution is -0.126. The van der Waals surface area contributed by atoms with Crippen molar-refractivity contribution < 1.29 is 14.3 Å². The van der Waals surface area contributed by atoms with E-state index in [4.69, 9.17) is 10.5 Å². The molecule has 3 N–H and O–H groups in total. The van der Waals surface area contributed by atoms with Gasteiger partial charge in [-0.2, -0.15) is 0 Å². The second-order valence-electron chi connectivity index (χ2n) is 4.26. The van der Waals surface area contributed by atoms with Gasteiger partial charge in [-0.3, -0.25) is 9.59 Å². The number of rotatable bonds is 6. The van der Waals surface area contributed by atoms with E-state index in [0.717, 1.165) is 0 Å². The third-order valence-corrected chi connectivity index (χ3v) is 2.38. The van der Waals surface area contributed by atoms with Gasteiger partial charge in [0.2, 0.25) is 5.91 Å². The fraction of sp³-hybridized carbons (Fsp3) is 0.385. The van der Waals surface area contributed by atoms with E-state index in [0.29, 0.717) is 11.7 Å². The highest BCUT2D eigenvalue weighted by Gasteiger charge is 2.04. The van der Waals surface area contributed by atoms with E-state index in [1.807, 2.05) is 24.3 Å². The van der Waals surface area contributed by atoms with E-state index < -0.39 is 5.91 Å². The van der Waals surface area contributed by atoms with Gasteiger partial charge in [0.05, 0.1) is 6.54 Å². The summed E-state index contributed by atoms with van der Waals surface area (Å²) < 4.78 is 5.27. The second-order valence-corrected chi connectivity index (χ2v) is 4.26. The Bertz CT molecular complexity index is 413. The molecule has 0 aliphatic rings. The van der Waals surface area contributed by atoms with Crippen LogP contribution >= 0.6 is 0 Å². The largest absolute Gasteiger partial charge is 0.484 e. The van der Waals surface area contributed by atoms with Crippen molar-refractivity contribution >= 4 is 11.8 Å². The van der Waals surface area contributed by atoms with Crippen molar-refractivity contribution in [1.29, 1.82) is 0 Å². The highest BCUT2D eigenvalue weighted by atomic mass is 16.5. The molecule has 1 aromatic rings. The maximum atomic E-state index is 11.3. The van der Waals surface area contributed by atoms with Crippen LogP contribution in [-0.4, -0.2) is 25.0 Å². The molecule has 0 radical (unpaired) electrons. The van der Waals surface area contributed by atoms with Crippen LogP contribution in [0.2, 0.25) is 0 Å². The Morgan fingerprint density at radius 3 is 2.39 bits per heavy atom. The molecule has 0 spiro atoms. The van der Waals surface area contributed by atoms with Crippen molar-refractivity contribution in [3.05, 3.63) is 29.8 Å². The van der Waals surface area contributed by atoms with Gasteiger partial charge in [-0.15, -0.1) is 0 Å². The number of benzene rings is 1. The first kappa shape index (κ1) is 14.0. The third kappa shape index (κ3) is 4.86. The molecule has 5 heteroatoms. The van der Waals surface area contributed by atoms with Gasteiger partial charge in [-0.25, -0.2) is 0 Å². The average Bonchev–Trinajstić information content (AvgIpc) is 2.34. The number of carbonyl (C=O) groups excluding carboxylic acids is 2. The SMILES string of the molecule is CC(C)c1ccc(OCC(=O)NCC(N)=O)cc1. The van der Waals surface area contributed by atoms with Crippen molar-refractivity contribution in [2.45, 2.75) is 19.8 Å². The van der Waals surface area contributed by atoms with Crippen LogP contribution in [0.4, 0.5) is 0 Å². The van der Waals surface area contributed by atoms with Crippen LogP contribution in [0.25, 0.3) is 0 Å². The Morgan fingerprint density at radius 2 is 1.89 bits per heavy atom. The highest BCUT2D eigenvalue weighted by molar-refractivity contribution is 5.84. The van der Waals surface area contributed by atoms with Crippen LogP contribution in [0.1, 0.15) is 25.3 Å². The molecule has 18 heavy (non-hydrogen) atoms. The van der Waals surface area contributed by atoms with Crippen molar-refractivity contribution in [2.75, 3.05) is 13.2 Å². The van der Waals surface area contributed by atoms with Crippen LogP contribution in [0.3, 0.4) is 0 Å². The van der Waals surface area contributed by atoms with E-state index in [1.165, 1.54) is 5.56 Å². The molecule has 0 aliphatic heterocycles. The zero-order chi connectivity index (χ0) is 13.5. The van der Waals surface area contributed by atoms with Gasteiger partial charge in [0.1, 0.15) is 5.75 Å². The van der Waals surface area contributed by atoms with Crippen molar-refractivity contribution in [1.82, 2.24) is 5.32 Å². The van der Waals surface area contributed by atoms with Gasteiger partial charge in [0.15, 0.2) is 6.61 Å². The van der Waals surface area contributed by atoms with E-state index in [2.05, 4.69) is 19.2 Å². The zero-order valence-corrected chi connectivity index (χ0v) is 10.6. The van der Waals surface area contributed by atoms with Crippen molar-refractivity contribution in [3.63, 3.8) is 0 Å². The minimum atomic E-state index is -0.579. The number of carbonyl (C=O) groups is 2. The molecular weight excluding hydrogens is 232 g/mol. The lowest BCUT2D eigenvalue weighted by atomic mass is 10.0. The van der Waals surface area contributed by atoms with Gasteiger partial charge < -0.3 is 15.8 Å². The summed E-state index contributed by atoms with van der Waals surface area (Å²) in [5.74, 6) is 0.123. The fourth-order valence-electron chi connectivity index (χ4n) is 1.33. The number of nitrogens with two attached hydrogens (primary N) is 1. The van der Waals surface area contributed by atoms with Crippen molar-refractivity contribution in [2.24, 2.45) is 5.73 Å². The van der Waals surface area contributed by atoms with Gasteiger partial charge in [0, 0.05) is 0 Å². The lowest BCUT2D eigenvalue weighted by Gasteiger charge is -2.08. The minimum Gasteiger partial charge on any atom is -0.484 e. The molecular formula is C13H18N2O3. The van der Waals surface area contributed by atoms with Crippen LogP contribution in [0.5, 0.6) is 5.75 Å². The Labute approximate surface area is 106 Å². The molecule has 0 unspecified atom stereocenters. The summed E-state index contributed by atoms with van der Waals surface area (Å²) in [7, 11) is 0. The van der Waals surface area contributed by atoms with Crippen LogP contribution in [0, 0.1) is 0 Å². The molecule has 5 nitrogen and oxygen atoms in total. The quantitative estimate of drug-likeness (QED) is 0.783. The first-order valence-corrected chi connectivity index (χ1v) is 5.77. The molecule has 1 aromatic carbocycles. The van der Waals surface area contributed by atoms with E-state index in [9.17, 15) is 9.59 Å². The van der Waals surface area contributed by atoms with Crippen LogP contribution < -0.4 is 15.8 Å². The fourth-order valence-corrected chi connectivity index (χ4v) is 1.33. The molecule has 2 amide bonds. The number of amides is 2. The van der Waals surface area contributed by atoms with Gasteiger partial charge in [-0.1, -0.05) is 26.0 Å². The molecule has 0 aliphatic carbocycles. The Hall–Kier alpha value is -2.04. The molecule has 0 saturated carbocycles. The van der Waals surface area contributed by atoms with Crippen molar-refractivity contribution in [3.8, 4) is 5.75 Å². The molecule has 0 atom stereocenters. The van der Waals surface area contributed by atoms with Gasteiger partial charge in [-0.05, 0) is 23.6 Å². The number of primary amides is 1. The normalized spacial score (nSPS) is 10.2. The number of nitrogens with one attached hydrogen (secondary N) is 1. The number of ether oxygens (including phenoxy) is 1. The predicted molar refractivity (Wildman–Crippen MR) is 68.2 cm³/mol. The molecule has 98 valence electrons. The van der Waals surface area contributed by atoms with Crippen LogP contribution in [0.15, 0.2) is 24.3 Å². The molecule has 0 bridgehead atoms. The standard InChI is InChI=1S/C13H18N2O3/c1-9(2)10-3-5-11(6-4-10)18-8-13(17)15-7-12(14)16/h3-6,9H,7-8H2,1-2H3,(H2,14,16)(H,15,17). The molecule has 0 saturated heterocycles. The monoisotopic (exact) mass is 250 g/mol. The topological polar surface area (TPSA) is 81.4 Å². The molecule has 0 fully saturated rings. The Balaban J connectivity index is 2.39. The number of hydrogen-bond acceptors (Lipinski definition) is 3. The molecule has 0 aromatic heterocycles. The Kier molecular flexibility index (Phi) is 5.17. The maximum absolute atomic E-state index is 11.3. The molecule has 1 rings (SSSR count). The molecule has 0 heterocycles. The second kappa shape index (κ2) is 6.64. The highest BCUT2D eigenvalue weighted by Crippen LogP contribution is 2.18. The summed E-state index contributed by atoms with van der Waals surface area (Å²) in [6.45, 7) is 3.91. The first-order valence-electron chi connectivity index (χ1n) is 5.77. The van der Waals surface area contributed by atoms with E-state index in [-0.39, 0.29) is 19.1 Å². The summed E-state index contributed by atoms with van der Waals surface area (Å²) in [5.41, 5.74) is 6.11. The number of hydrogen-bond donors (Lipinski definition) is 2. The summed E-state index contributed by atoms with van der Waals surface area (Å²) in [5, 5.41) is 2.34. The summed E-state index contributed by atoms with van der Waals surface area (Å²) in [6, 6.07) is 7.55.